The van der Waals surface area contributed by atoms with Gasteiger partial charge in [-0.2, -0.15) is 0 Å². The van der Waals surface area contributed by atoms with Crippen molar-refractivity contribution in [3.05, 3.63) is 0 Å². The van der Waals surface area contributed by atoms with Crippen LogP contribution in [0, 0.1) is 5.92 Å². The highest BCUT2D eigenvalue weighted by Gasteiger charge is 2.26. The van der Waals surface area contributed by atoms with Crippen LogP contribution in [0.3, 0.4) is 0 Å². The van der Waals surface area contributed by atoms with E-state index in [9.17, 15) is 9.90 Å². The molecule has 0 spiro atoms. The molecule has 11 heavy (non-hydrogen) atoms. The fourth-order valence-electron chi connectivity index (χ4n) is 0.843. The topological polar surface area (TPSA) is 40.3 Å². The second kappa shape index (κ2) is 3.22. The van der Waals surface area contributed by atoms with Crippen LogP contribution in [0.15, 0.2) is 0 Å². The zero-order chi connectivity index (χ0) is 8.43. The van der Waals surface area contributed by atoms with Crippen molar-refractivity contribution in [2.75, 3.05) is 13.1 Å². The van der Waals surface area contributed by atoms with Crippen molar-refractivity contribution < 1.29 is 9.90 Å². The third kappa shape index (κ3) is 2.50. The van der Waals surface area contributed by atoms with Gasteiger partial charge in [0.05, 0.1) is 12.5 Å². The Balaban J connectivity index is 2.23. The smallest absolute Gasteiger partial charge is 0.225 e. The van der Waals surface area contributed by atoms with E-state index < -0.39 is 6.10 Å². The number of rotatable bonds is 3. The Morgan fingerprint density at radius 1 is 1.55 bits per heavy atom. The summed E-state index contributed by atoms with van der Waals surface area (Å²) in [6.45, 7) is 5.59. The number of nitrogens with zero attached hydrogens (tertiary/aromatic N) is 1. The van der Waals surface area contributed by atoms with Crippen LogP contribution in [0.25, 0.3) is 0 Å². The highest BCUT2D eigenvalue weighted by Crippen LogP contribution is 2.12. The molecule has 0 aliphatic carbocycles. The van der Waals surface area contributed by atoms with Crippen molar-refractivity contribution in [1.29, 1.82) is 0 Å². The summed E-state index contributed by atoms with van der Waals surface area (Å²) in [5.74, 6) is 0.269. The van der Waals surface area contributed by atoms with Crippen LogP contribution in [-0.2, 0) is 4.79 Å². The summed E-state index contributed by atoms with van der Waals surface area (Å²) in [5, 5.41) is 9.33. The molecule has 1 fully saturated rings. The van der Waals surface area contributed by atoms with Crippen molar-refractivity contribution >= 4 is 5.91 Å². The van der Waals surface area contributed by atoms with Crippen LogP contribution in [0.2, 0.25) is 0 Å². The predicted molar refractivity (Wildman–Crippen MR) is 42.0 cm³/mol. The van der Waals surface area contributed by atoms with E-state index in [2.05, 4.69) is 0 Å². The summed E-state index contributed by atoms with van der Waals surface area (Å²) in [4.78, 5) is 12.8. The Bertz CT molecular complexity index is 152. The molecule has 0 radical (unpaired) electrons. The van der Waals surface area contributed by atoms with Crippen LogP contribution in [-0.4, -0.2) is 35.1 Å². The first-order valence-corrected chi connectivity index (χ1v) is 4.07. The minimum absolute atomic E-state index is 0.0891. The Labute approximate surface area is 67.0 Å². The van der Waals surface area contributed by atoms with Gasteiger partial charge in [0.2, 0.25) is 5.91 Å². The predicted octanol–water partition coefficient (Wildman–Crippen LogP) is 0.236. The normalized spacial score (nSPS) is 18.7. The Morgan fingerprint density at radius 2 is 2.09 bits per heavy atom. The van der Waals surface area contributed by atoms with Gasteiger partial charge in [0.15, 0.2) is 0 Å². The number of hydrogen-bond donors (Lipinski definition) is 1. The molecule has 0 aromatic carbocycles. The maximum absolute atomic E-state index is 11.1. The molecule has 0 aromatic heterocycles. The fraction of sp³-hybridized carbons (Fsp3) is 0.875. The largest absolute Gasteiger partial charge is 0.392 e. The summed E-state index contributed by atoms with van der Waals surface area (Å²) in [6, 6.07) is 0. The van der Waals surface area contributed by atoms with Gasteiger partial charge in [-0.05, 0) is 5.92 Å². The fourth-order valence-corrected chi connectivity index (χ4v) is 0.843. The van der Waals surface area contributed by atoms with Crippen LogP contribution in [0.5, 0.6) is 0 Å². The molecule has 0 aromatic rings. The molecule has 3 heteroatoms. The average Bonchev–Trinajstić information content (AvgIpc) is 2.67. The van der Waals surface area contributed by atoms with Crippen molar-refractivity contribution in [2.24, 2.45) is 5.92 Å². The van der Waals surface area contributed by atoms with Crippen LogP contribution < -0.4 is 0 Å². The van der Waals surface area contributed by atoms with E-state index in [0.717, 1.165) is 13.1 Å². The third-order valence-corrected chi connectivity index (χ3v) is 1.95. The van der Waals surface area contributed by atoms with Crippen molar-refractivity contribution in [3.8, 4) is 0 Å². The molecule has 1 heterocycles. The standard InChI is InChI=1S/C8H15NO2/c1-6(2)7(10)5-8(11)9-3-4-9/h6-7,10H,3-5H2,1-2H3. The Kier molecular flexibility index (Phi) is 2.49. The minimum atomic E-state index is -0.469. The second-order valence-electron chi connectivity index (χ2n) is 3.40. The van der Waals surface area contributed by atoms with Gasteiger partial charge in [-0.25, -0.2) is 0 Å². The van der Waals surface area contributed by atoms with Gasteiger partial charge in [-0.1, -0.05) is 13.8 Å². The molecule has 1 amide bonds. The molecule has 1 rings (SSSR count). The first kappa shape index (κ1) is 8.53. The molecular formula is C8H15NO2. The van der Waals surface area contributed by atoms with Gasteiger partial charge in [0.25, 0.3) is 0 Å². The monoisotopic (exact) mass is 157 g/mol. The summed E-state index contributed by atoms with van der Waals surface area (Å²) in [6.07, 6.45) is -0.180. The summed E-state index contributed by atoms with van der Waals surface area (Å²) < 4.78 is 0. The first-order chi connectivity index (χ1) is 5.11. The second-order valence-corrected chi connectivity index (χ2v) is 3.40. The molecule has 1 unspecified atom stereocenters. The van der Waals surface area contributed by atoms with E-state index in [1.807, 2.05) is 13.8 Å². The molecule has 1 N–H and O–H groups in total. The van der Waals surface area contributed by atoms with Crippen molar-refractivity contribution in [2.45, 2.75) is 26.4 Å². The van der Waals surface area contributed by atoms with E-state index in [4.69, 9.17) is 0 Å². The number of hydrogen-bond acceptors (Lipinski definition) is 2. The van der Waals surface area contributed by atoms with Gasteiger partial charge in [0.1, 0.15) is 0 Å². The van der Waals surface area contributed by atoms with Crippen LogP contribution in [0.4, 0.5) is 0 Å². The molecule has 0 bridgehead atoms. The van der Waals surface area contributed by atoms with Crippen LogP contribution >= 0.6 is 0 Å². The molecule has 3 nitrogen and oxygen atoms in total. The quantitative estimate of drug-likeness (QED) is 0.596. The lowest BCUT2D eigenvalue weighted by molar-refractivity contribution is -0.128. The van der Waals surface area contributed by atoms with Crippen molar-refractivity contribution in [3.63, 3.8) is 0 Å². The molecule has 64 valence electrons. The van der Waals surface area contributed by atoms with Crippen LogP contribution in [0.1, 0.15) is 20.3 Å². The lowest BCUT2D eigenvalue weighted by Crippen LogP contribution is -2.23. The van der Waals surface area contributed by atoms with Gasteiger partial charge >= 0.3 is 0 Å². The van der Waals surface area contributed by atoms with E-state index >= 15 is 0 Å². The Hall–Kier alpha value is -0.570. The summed E-state index contributed by atoms with van der Waals surface area (Å²) >= 11 is 0. The number of amides is 1. The third-order valence-electron chi connectivity index (χ3n) is 1.95. The molecular weight excluding hydrogens is 142 g/mol. The lowest BCUT2D eigenvalue weighted by atomic mass is 10.0. The SMILES string of the molecule is CC(C)C(O)CC(=O)N1CC1. The highest BCUT2D eigenvalue weighted by molar-refractivity contribution is 5.78. The molecule has 1 saturated heterocycles. The highest BCUT2D eigenvalue weighted by atomic mass is 16.3. The number of aliphatic hydroxyl groups is 1. The number of aliphatic hydroxyl groups excluding tert-OH is 1. The first-order valence-electron chi connectivity index (χ1n) is 4.07. The Morgan fingerprint density at radius 3 is 2.45 bits per heavy atom. The summed E-state index contributed by atoms with van der Waals surface area (Å²) in [5.41, 5.74) is 0. The number of carbonyl (C=O) groups excluding carboxylic acids is 1. The maximum atomic E-state index is 11.1. The van der Waals surface area contributed by atoms with E-state index in [0.29, 0.717) is 0 Å². The molecule has 0 saturated carbocycles. The zero-order valence-electron chi connectivity index (χ0n) is 7.08. The van der Waals surface area contributed by atoms with Gasteiger partial charge in [0, 0.05) is 13.1 Å². The van der Waals surface area contributed by atoms with E-state index in [1.54, 1.807) is 4.90 Å². The lowest BCUT2D eigenvalue weighted by Gasteiger charge is -2.13. The van der Waals surface area contributed by atoms with Gasteiger partial charge < -0.3 is 10.0 Å². The van der Waals surface area contributed by atoms with E-state index in [-0.39, 0.29) is 18.2 Å². The molecule has 1 atom stereocenters. The van der Waals surface area contributed by atoms with Gasteiger partial charge in [-0.15, -0.1) is 0 Å². The number of carbonyl (C=O) groups is 1. The molecule has 1 aliphatic rings. The molecule has 1 aliphatic heterocycles. The average molecular weight is 157 g/mol. The van der Waals surface area contributed by atoms with Crippen molar-refractivity contribution in [1.82, 2.24) is 4.90 Å². The summed E-state index contributed by atoms with van der Waals surface area (Å²) in [7, 11) is 0. The van der Waals surface area contributed by atoms with E-state index in [1.165, 1.54) is 0 Å². The van der Waals surface area contributed by atoms with Gasteiger partial charge in [-0.3, -0.25) is 4.79 Å². The maximum Gasteiger partial charge on any atom is 0.225 e. The minimum Gasteiger partial charge on any atom is -0.392 e. The zero-order valence-corrected chi connectivity index (χ0v) is 7.08.